The molecule has 0 saturated heterocycles. The highest BCUT2D eigenvalue weighted by atomic mass is 79.9. The maximum atomic E-state index is 3.89. The van der Waals surface area contributed by atoms with E-state index in [4.69, 9.17) is 0 Å². The van der Waals surface area contributed by atoms with Gasteiger partial charge in [-0.3, -0.25) is 0 Å². The van der Waals surface area contributed by atoms with Gasteiger partial charge in [-0.15, -0.1) is 0 Å². The Morgan fingerprint density at radius 1 is 1.05 bits per heavy atom. The summed E-state index contributed by atoms with van der Waals surface area (Å²) < 4.78 is 1.18. The fourth-order valence-electron chi connectivity index (χ4n) is 3.90. The molecular formula is C18H26BrN. The Balaban J connectivity index is 1.44. The quantitative estimate of drug-likeness (QED) is 0.791. The first-order chi connectivity index (χ1) is 9.72. The number of benzene rings is 1. The predicted molar refractivity (Wildman–Crippen MR) is 89.1 cm³/mol. The molecule has 0 aliphatic heterocycles. The third-order valence-corrected chi connectivity index (χ3v) is 5.86. The van der Waals surface area contributed by atoms with Crippen molar-refractivity contribution in [1.29, 1.82) is 0 Å². The monoisotopic (exact) mass is 335 g/mol. The summed E-state index contributed by atoms with van der Waals surface area (Å²) in [4.78, 5) is 0. The van der Waals surface area contributed by atoms with Crippen LogP contribution in [0.2, 0.25) is 0 Å². The molecule has 2 aliphatic rings. The summed E-state index contributed by atoms with van der Waals surface area (Å²) in [7, 11) is 0. The van der Waals surface area contributed by atoms with Crippen LogP contribution in [0.25, 0.3) is 0 Å². The van der Waals surface area contributed by atoms with Crippen LogP contribution in [0.4, 0.5) is 0 Å². The van der Waals surface area contributed by atoms with Gasteiger partial charge in [0.05, 0.1) is 0 Å². The predicted octanol–water partition coefficient (Wildman–Crippen LogP) is 5.25. The van der Waals surface area contributed by atoms with Crippen molar-refractivity contribution in [1.82, 2.24) is 5.32 Å². The number of hydrogen-bond donors (Lipinski definition) is 1. The lowest BCUT2D eigenvalue weighted by molar-refractivity contribution is 0.211. The summed E-state index contributed by atoms with van der Waals surface area (Å²) in [6, 6.07) is 10.3. The molecule has 1 atom stereocenters. The molecule has 1 nitrogen and oxygen atoms in total. The molecule has 0 heterocycles. The van der Waals surface area contributed by atoms with Crippen LogP contribution >= 0.6 is 15.9 Å². The molecule has 1 aromatic carbocycles. The molecule has 20 heavy (non-hydrogen) atoms. The molecule has 0 spiro atoms. The van der Waals surface area contributed by atoms with Crippen molar-refractivity contribution in [3.8, 4) is 0 Å². The van der Waals surface area contributed by atoms with Gasteiger partial charge in [-0.1, -0.05) is 47.3 Å². The summed E-state index contributed by atoms with van der Waals surface area (Å²) >= 11 is 3.51. The molecular weight excluding hydrogens is 310 g/mol. The van der Waals surface area contributed by atoms with Gasteiger partial charge in [-0.05, 0) is 62.1 Å². The summed E-state index contributed by atoms with van der Waals surface area (Å²) in [5.41, 5.74) is 1.51. The lowest BCUT2D eigenvalue weighted by atomic mass is 9.75. The highest BCUT2D eigenvalue weighted by Gasteiger charge is 2.32. The molecule has 0 unspecified atom stereocenters. The Morgan fingerprint density at radius 2 is 1.70 bits per heavy atom. The van der Waals surface area contributed by atoms with Gasteiger partial charge in [0, 0.05) is 16.6 Å². The van der Waals surface area contributed by atoms with Gasteiger partial charge < -0.3 is 5.32 Å². The van der Waals surface area contributed by atoms with E-state index < -0.39 is 0 Å². The van der Waals surface area contributed by atoms with Gasteiger partial charge in [0.2, 0.25) is 0 Å². The molecule has 2 heteroatoms. The Morgan fingerprint density at radius 3 is 2.35 bits per heavy atom. The molecule has 0 radical (unpaired) electrons. The van der Waals surface area contributed by atoms with Crippen LogP contribution in [-0.4, -0.2) is 12.1 Å². The van der Waals surface area contributed by atoms with Crippen LogP contribution in [0.15, 0.2) is 28.7 Å². The number of halogens is 1. The van der Waals surface area contributed by atoms with Gasteiger partial charge in [-0.2, -0.15) is 0 Å². The SMILES string of the molecule is C[C@@H](NC1CC(c2ccc(Br)cc2)C1)C1CCCCC1. The first kappa shape index (κ1) is 14.6. The van der Waals surface area contributed by atoms with E-state index in [0.717, 1.165) is 17.9 Å². The molecule has 110 valence electrons. The third kappa shape index (κ3) is 3.46. The minimum Gasteiger partial charge on any atom is -0.311 e. The zero-order valence-electron chi connectivity index (χ0n) is 12.4. The first-order valence-corrected chi connectivity index (χ1v) is 9.03. The van der Waals surface area contributed by atoms with Crippen molar-refractivity contribution in [2.45, 2.75) is 69.9 Å². The van der Waals surface area contributed by atoms with Crippen molar-refractivity contribution in [2.75, 3.05) is 0 Å². The highest BCUT2D eigenvalue weighted by molar-refractivity contribution is 9.10. The van der Waals surface area contributed by atoms with Crippen LogP contribution in [0.5, 0.6) is 0 Å². The van der Waals surface area contributed by atoms with Gasteiger partial charge in [0.25, 0.3) is 0 Å². The minimum absolute atomic E-state index is 0.714. The Hall–Kier alpha value is -0.340. The number of hydrogen-bond acceptors (Lipinski definition) is 1. The summed E-state index contributed by atoms with van der Waals surface area (Å²) in [6.45, 7) is 2.41. The largest absolute Gasteiger partial charge is 0.311 e. The van der Waals surface area contributed by atoms with E-state index in [0.29, 0.717) is 6.04 Å². The molecule has 1 N–H and O–H groups in total. The molecule has 0 aromatic heterocycles. The maximum absolute atomic E-state index is 3.89. The average Bonchev–Trinajstić information content (AvgIpc) is 2.44. The van der Waals surface area contributed by atoms with Gasteiger partial charge in [0.15, 0.2) is 0 Å². The number of nitrogens with one attached hydrogen (secondary N) is 1. The van der Waals surface area contributed by atoms with Crippen molar-refractivity contribution < 1.29 is 0 Å². The standard InChI is InChI=1S/C18H26BrN/c1-13(14-5-3-2-4-6-14)20-18-11-16(12-18)15-7-9-17(19)10-8-15/h7-10,13-14,16,18,20H,2-6,11-12H2,1H3/t13-,16?,18?/m1/s1. The van der Waals surface area contributed by atoms with E-state index in [2.05, 4.69) is 52.4 Å². The minimum atomic E-state index is 0.714. The van der Waals surface area contributed by atoms with Crippen LogP contribution < -0.4 is 5.32 Å². The summed E-state index contributed by atoms with van der Waals surface area (Å²) in [5, 5.41) is 3.89. The van der Waals surface area contributed by atoms with Gasteiger partial charge in [0.1, 0.15) is 0 Å². The lowest BCUT2D eigenvalue weighted by Crippen LogP contribution is -2.47. The molecule has 2 aliphatic carbocycles. The zero-order chi connectivity index (χ0) is 13.9. The van der Waals surface area contributed by atoms with Crippen LogP contribution in [0, 0.1) is 5.92 Å². The molecule has 0 bridgehead atoms. The second-order valence-corrected chi connectivity index (χ2v) is 7.69. The highest BCUT2D eigenvalue weighted by Crippen LogP contribution is 2.38. The average molecular weight is 336 g/mol. The van der Waals surface area contributed by atoms with E-state index in [1.807, 2.05) is 0 Å². The first-order valence-electron chi connectivity index (χ1n) is 8.24. The third-order valence-electron chi connectivity index (χ3n) is 5.34. The van der Waals surface area contributed by atoms with Crippen LogP contribution in [0.1, 0.15) is 63.4 Å². The lowest BCUT2D eigenvalue weighted by Gasteiger charge is -2.40. The Labute approximate surface area is 131 Å². The second kappa shape index (κ2) is 6.62. The Kier molecular flexibility index (Phi) is 4.83. The molecule has 2 saturated carbocycles. The fourth-order valence-corrected chi connectivity index (χ4v) is 4.17. The maximum Gasteiger partial charge on any atom is 0.0175 e. The van der Waals surface area contributed by atoms with E-state index in [1.54, 1.807) is 0 Å². The van der Waals surface area contributed by atoms with Crippen molar-refractivity contribution in [3.05, 3.63) is 34.3 Å². The zero-order valence-corrected chi connectivity index (χ0v) is 14.0. The van der Waals surface area contributed by atoms with Crippen molar-refractivity contribution in [2.24, 2.45) is 5.92 Å². The van der Waals surface area contributed by atoms with E-state index in [1.165, 1.54) is 55.0 Å². The Bertz CT molecular complexity index is 416. The fraction of sp³-hybridized carbons (Fsp3) is 0.667. The second-order valence-electron chi connectivity index (χ2n) is 6.77. The van der Waals surface area contributed by atoms with Gasteiger partial charge in [-0.25, -0.2) is 0 Å². The topological polar surface area (TPSA) is 12.0 Å². The molecule has 1 aromatic rings. The smallest absolute Gasteiger partial charge is 0.0175 e. The van der Waals surface area contributed by atoms with Crippen molar-refractivity contribution in [3.63, 3.8) is 0 Å². The van der Waals surface area contributed by atoms with Crippen molar-refractivity contribution >= 4 is 15.9 Å². The molecule has 0 amide bonds. The summed E-state index contributed by atoms with van der Waals surface area (Å²) in [5.74, 6) is 1.70. The van der Waals surface area contributed by atoms with E-state index in [-0.39, 0.29) is 0 Å². The van der Waals surface area contributed by atoms with Crippen LogP contribution in [0.3, 0.4) is 0 Å². The van der Waals surface area contributed by atoms with E-state index in [9.17, 15) is 0 Å². The number of rotatable bonds is 4. The van der Waals surface area contributed by atoms with E-state index >= 15 is 0 Å². The summed E-state index contributed by atoms with van der Waals surface area (Å²) in [6.07, 6.45) is 9.87. The molecule has 2 fully saturated rings. The van der Waals surface area contributed by atoms with Gasteiger partial charge >= 0.3 is 0 Å². The normalized spacial score (nSPS) is 28.9. The molecule has 3 rings (SSSR count). The van der Waals surface area contributed by atoms with Crippen LogP contribution in [-0.2, 0) is 0 Å².